The average molecular weight is 684 g/mol. The number of aliphatic hydroxyl groups is 1. The highest BCUT2D eigenvalue weighted by Gasteiger charge is 2.51. The molecule has 10 heteroatoms. The number of aryl methyl sites for hydroxylation is 1. The molecule has 4 aliphatic carbocycles. The van der Waals surface area contributed by atoms with Crippen molar-refractivity contribution in [1.82, 2.24) is 19.7 Å². The molecule has 1 aliphatic heterocycles. The smallest absolute Gasteiger partial charge is 0.410 e. The average Bonchev–Trinajstić information content (AvgIpc) is 3.62. The lowest BCUT2D eigenvalue weighted by molar-refractivity contribution is -0.124. The van der Waals surface area contributed by atoms with Crippen molar-refractivity contribution in [2.75, 3.05) is 31.6 Å². The number of likely N-dealkylation sites (tertiary alicyclic amines) is 1. The fourth-order valence-corrected chi connectivity index (χ4v) is 8.80. The summed E-state index contributed by atoms with van der Waals surface area (Å²) in [5.41, 5.74) is 4.49. The minimum atomic E-state index is -0.459. The molecule has 1 aromatic carbocycles. The Kier molecular flexibility index (Phi) is 9.20. The Labute approximate surface area is 296 Å². The first-order valence-corrected chi connectivity index (χ1v) is 18.5. The molecule has 2 aromatic heterocycles. The van der Waals surface area contributed by atoms with Crippen molar-refractivity contribution in [2.24, 2.45) is 11.3 Å². The predicted octanol–water partition coefficient (Wildman–Crippen LogP) is 7.01. The van der Waals surface area contributed by atoms with E-state index in [0.717, 1.165) is 55.5 Å². The van der Waals surface area contributed by atoms with E-state index in [-0.39, 0.29) is 40.4 Å². The molecule has 0 spiro atoms. The summed E-state index contributed by atoms with van der Waals surface area (Å²) >= 11 is 0. The number of carbonyl (C=O) groups excluding carboxylic acids is 2. The van der Waals surface area contributed by atoms with E-state index in [2.05, 4.69) is 45.9 Å². The van der Waals surface area contributed by atoms with Crippen molar-refractivity contribution >= 4 is 17.8 Å². The molecule has 3 heterocycles. The Hall–Kier alpha value is -3.92. The van der Waals surface area contributed by atoms with Crippen LogP contribution in [0.15, 0.2) is 48.8 Å². The molecule has 8 rings (SSSR count). The molecular weight excluding hydrogens is 630 g/mol. The van der Waals surface area contributed by atoms with Gasteiger partial charge in [-0.15, -0.1) is 0 Å². The van der Waals surface area contributed by atoms with Gasteiger partial charge >= 0.3 is 6.09 Å². The maximum absolute atomic E-state index is 14.6. The molecule has 0 radical (unpaired) electrons. The maximum atomic E-state index is 14.6. The molecule has 0 unspecified atom stereocenters. The summed E-state index contributed by atoms with van der Waals surface area (Å²) < 4.78 is 13.3. The SMILES string of the molecule is COc1ccc(C23CCC(CN(C(=O)C4CCC(OC(=O)N5CC(O)C5)CC4)c4cc(-c5ccn(C(C)(C)C)n5)ccn4)(CC2)CC3)cc1C. The van der Waals surface area contributed by atoms with Crippen LogP contribution in [0.25, 0.3) is 11.3 Å². The van der Waals surface area contributed by atoms with Crippen molar-refractivity contribution < 1.29 is 24.2 Å². The largest absolute Gasteiger partial charge is 0.496 e. The molecule has 0 atom stereocenters. The van der Waals surface area contributed by atoms with E-state index in [4.69, 9.17) is 19.6 Å². The molecule has 4 saturated carbocycles. The molecule has 5 fully saturated rings. The highest BCUT2D eigenvalue weighted by molar-refractivity contribution is 5.95. The molecule has 10 nitrogen and oxygen atoms in total. The van der Waals surface area contributed by atoms with E-state index in [1.807, 2.05) is 34.0 Å². The van der Waals surface area contributed by atoms with Gasteiger partial charge in [0.1, 0.15) is 17.7 Å². The highest BCUT2D eigenvalue weighted by atomic mass is 16.6. The minimum Gasteiger partial charge on any atom is -0.496 e. The van der Waals surface area contributed by atoms with Gasteiger partial charge in [0, 0.05) is 30.4 Å². The van der Waals surface area contributed by atoms with Gasteiger partial charge in [0.2, 0.25) is 5.91 Å². The third-order valence-corrected chi connectivity index (χ3v) is 12.2. The number of benzene rings is 1. The van der Waals surface area contributed by atoms with Crippen molar-refractivity contribution in [3.8, 4) is 17.0 Å². The maximum Gasteiger partial charge on any atom is 0.410 e. The second kappa shape index (κ2) is 13.3. The molecule has 2 amide bonds. The first-order chi connectivity index (χ1) is 23.9. The van der Waals surface area contributed by atoms with Crippen LogP contribution in [-0.2, 0) is 20.5 Å². The zero-order valence-electron chi connectivity index (χ0n) is 30.4. The summed E-state index contributed by atoms with van der Waals surface area (Å²) in [5, 5.41) is 14.4. The third-order valence-electron chi connectivity index (χ3n) is 12.2. The number of hydrogen-bond donors (Lipinski definition) is 1. The van der Waals surface area contributed by atoms with Crippen LogP contribution in [-0.4, -0.2) is 75.7 Å². The second-order valence-corrected chi connectivity index (χ2v) is 16.5. The van der Waals surface area contributed by atoms with Crippen LogP contribution in [0.3, 0.4) is 0 Å². The fourth-order valence-electron chi connectivity index (χ4n) is 8.80. The second-order valence-electron chi connectivity index (χ2n) is 16.5. The summed E-state index contributed by atoms with van der Waals surface area (Å²) in [6.45, 7) is 9.83. The van der Waals surface area contributed by atoms with Gasteiger partial charge in [-0.25, -0.2) is 9.78 Å². The van der Waals surface area contributed by atoms with Gasteiger partial charge < -0.3 is 19.5 Å². The quantitative estimate of drug-likeness (QED) is 0.272. The lowest BCUT2D eigenvalue weighted by atomic mass is 9.51. The molecule has 1 saturated heterocycles. The molecule has 3 aromatic rings. The van der Waals surface area contributed by atoms with Crippen molar-refractivity contribution in [1.29, 1.82) is 0 Å². The summed E-state index contributed by atoms with van der Waals surface area (Å²) in [6, 6.07) is 12.7. The number of methoxy groups -OCH3 is 1. The third kappa shape index (κ3) is 6.75. The number of nitrogens with zero attached hydrogens (tertiary/aromatic N) is 5. The Morgan fingerprint density at radius 3 is 2.28 bits per heavy atom. The molecule has 50 heavy (non-hydrogen) atoms. The van der Waals surface area contributed by atoms with Crippen LogP contribution in [0.1, 0.15) is 96.1 Å². The van der Waals surface area contributed by atoms with Crippen LogP contribution in [0.4, 0.5) is 10.6 Å². The number of β-amino-alcohol motifs (C(OH)–C–C–N with tert-alkyl or cyclic N) is 1. The predicted molar refractivity (Wildman–Crippen MR) is 192 cm³/mol. The monoisotopic (exact) mass is 683 g/mol. The molecule has 1 N–H and O–H groups in total. The van der Waals surface area contributed by atoms with E-state index >= 15 is 0 Å². The number of hydrogen-bond acceptors (Lipinski definition) is 7. The molecule has 2 bridgehead atoms. The number of aromatic nitrogens is 3. The minimum absolute atomic E-state index is 0.0406. The number of fused-ring (bicyclic) bond motifs is 3. The number of aliphatic hydroxyl groups excluding tert-OH is 1. The van der Waals surface area contributed by atoms with Gasteiger partial charge in [0.25, 0.3) is 0 Å². The van der Waals surface area contributed by atoms with Crippen LogP contribution in [0.2, 0.25) is 0 Å². The highest BCUT2D eigenvalue weighted by Crippen LogP contribution is 2.58. The fraction of sp³-hybridized carbons (Fsp3) is 0.600. The zero-order valence-corrected chi connectivity index (χ0v) is 30.4. The normalized spacial score (nSPS) is 26.7. The van der Waals surface area contributed by atoms with Crippen LogP contribution in [0, 0.1) is 18.3 Å². The van der Waals surface area contributed by atoms with Gasteiger partial charge in [-0.1, -0.05) is 12.1 Å². The topological polar surface area (TPSA) is 110 Å². The zero-order chi connectivity index (χ0) is 35.3. The van der Waals surface area contributed by atoms with Gasteiger partial charge in [-0.2, -0.15) is 5.10 Å². The first-order valence-electron chi connectivity index (χ1n) is 18.5. The number of ether oxygens (including phenoxy) is 2. The molecule has 268 valence electrons. The Bertz CT molecular complexity index is 1690. The van der Waals surface area contributed by atoms with Gasteiger partial charge in [0.05, 0.1) is 37.5 Å². The van der Waals surface area contributed by atoms with Crippen LogP contribution >= 0.6 is 0 Å². The summed E-state index contributed by atoms with van der Waals surface area (Å²) in [6.07, 6.45) is 12.0. The number of amides is 2. The molecule has 5 aliphatic rings. The Balaban J connectivity index is 1.10. The Morgan fingerprint density at radius 2 is 1.68 bits per heavy atom. The van der Waals surface area contributed by atoms with Gasteiger partial charge in [0.15, 0.2) is 0 Å². The van der Waals surface area contributed by atoms with Crippen LogP contribution < -0.4 is 9.64 Å². The van der Waals surface area contributed by atoms with E-state index < -0.39 is 6.10 Å². The van der Waals surface area contributed by atoms with E-state index in [1.165, 1.54) is 16.0 Å². The van der Waals surface area contributed by atoms with Crippen molar-refractivity contribution in [2.45, 2.75) is 115 Å². The lowest BCUT2D eigenvalue weighted by Gasteiger charge is -2.55. The summed E-state index contributed by atoms with van der Waals surface area (Å²) in [4.78, 5) is 35.5. The number of rotatable bonds is 8. The van der Waals surface area contributed by atoms with Gasteiger partial charge in [-0.05, 0) is 138 Å². The van der Waals surface area contributed by atoms with E-state index in [0.29, 0.717) is 51.1 Å². The number of carbonyl (C=O) groups is 2. The van der Waals surface area contributed by atoms with Crippen LogP contribution in [0.5, 0.6) is 5.75 Å². The number of anilines is 1. The summed E-state index contributed by atoms with van der Waals surface area (Å²) in [7, 11) is 1.73. The lowest BCUT2D eigenvalue weighted by Crippen LogP contribution is -2.54. The summed E-state index contributed by atoms with van der Waals surface area (Å²) in [5.74, 6) is 1.58. The standard InChI is InChI=1S/C40H53N5O5/c1-27-22-30(8-11-34(27)49-5)40-17-14-39(15-18-40,16-19-40)26-44(35-23-29(12-20-41-35)33-13-21-45(42-33)38(2,3)4)36(47)28-6-9-32(10-7-28)50-37(48)43-24-31(46)25-43/h8,11-13,20-23,28,31-32,46H,6-7,9-10,14-19,24-26H2,1-5H3. The number of pyridine rings is 1. The van der Waals surface area contributed by atoms with Crippen molar-refractivity contribution in [3.05, 3.63) is 59.9 Å². The van der Waals surface area contributed by atoms with E-state index in [9.17, 15) is 14.7 Å². The van der Waals surface area contributed by atoms with E-state index in [1.54, 1.807) is 13.3 Å². The molecular formula is C40H53N5O5. The van der Waals surface area contributed by atoms with Crippen molar-refractivity contribution in [3.63, 3.8) is 0 Å². The first kappa shape index (κ1) is 34.5. The Morgan fingerprint density at radius 1 is 0.980 bits per heavy atom. The van der Waals surface area contributed by atoms with Gasteiger partial charge in [-0.3, -0.25) is 14.4 Å².